The van der Waals surface area contributed by atoms with Crippen molar-refractivity contribution in [2.45, 2.75) is 13.5 Å². The minimum Gasteiger partial charge on any atom is -0.490 e. The minimum atomic E-state index is -0.537. The number of benzene rings is 3. The zero-order chi connectivity index (χ0) is 24.7. The highest BCUT2D eigenvalue weighted by atomic mass is 79.9. The molecule has 0 heterocycles. The molecule has 0 unspecified atom stereocenters. The maximum absolute atomic E-state index is 12.2. The second-order valence-corrected chi connectivity index (χ2v) is 8.49. The molecule has 0 bridgehead atoms. The number of carbonyl (C=O) groups is 1. The van der Waals surface area contributed by atoms with Gasteiger partial charge in [0.25, 0.3) is 11.6 Å². The number of halogens is 3. The molecular formula is C23H18BrCl2N3O5. The van der Waals surface area contributed by atoms with Gasteiger partial charge >= 0.3 is 0 Å². The standard InChI is InChI=1S/C23H18BrCl2N3O5/c1-2-33-21-10-14(12-27-28-23(30)15-4-7-18(8-5-15)29(31)32)9-19(24)22(21)34-13-16-3-6-17(25)11-20(16)26/h3-12H,2,13H2,1H3,(H,28,30)/b27-12-. The van der Waals surface area contributed by atoms with E-state index in [2.05, 4.69) is 26.5 Å². The summed E-state index contributed by atoms with van der Waals surface area (Å²) in [4.78, 5) is 22.4. The summed E-state index contributed by atoms with van der Waals surface area (Å²) in [6.45, 7) is 2.45. The van der Waals surface area contributed by atoms with Gasteiger partial charge in [0, 0.05) is 33.3 Å². The summed E-state index contributed by atoms with van der Waals surface area (Å²) < 4.78 is 12.3. The molecule has 0 saturated heterocycles. The van der Waals surface area contributed by atoms with E-state index in [1.807, 2.05) is 6.92 Å². The van der Waals surface area contributed by atoms with E-state index in [1.54, 1.807) is 30.3 Å². The molecule has 0 aromatic heterocycles. The molecule has 0 radical (unpaired) electrons. The molecule has 3 rings (SSSR count). The molecule has 0 aliphatic rings. The fourth-order valence-corrected chi connectivity index (χ4v) is 3.86. The van der Waals surface area contributed by atoms with Crippen LogP contribution in [0.5, 0.6) is 11.5 Å². The fraction of sp³-hybridized carbons (Fsp3) is 0.130. The van der Waals surface area contributed by atoms with Gasteiger partial charge in [-0.2, -0.15) is 5.10 Å². The molecule has 0 fully saturated rings. The molecule has 0 aliphatic heterocycles. The highest BCUT2D eigenvalue weighted by Gasteiger charge is 2.14. The Morgan fingerprint density at radius 3 is 2.53 bits per heavy atom. The molecule has 34 heavy (non-hydrogen) atoms. The molecule has 0 spiro atoms. The number of carbonyl (C=O) groups excluding carboxylic acids is 1. The Kier molecular flexibility index (Phi) is 8.86. The van der Waals surface area contributed by atoms with Gasteiger partial charge in [-0.1, -0.05) is 29.3 Å². The van der Waals surface area contributed by atoms with Crippen LogP contribution in [0.4, 0.5) is 5.69 Å². The predicted molar refractivity (Wildman–Crippen MR) is 134 cm³/mol. The van der Waals surface area contributed by atoms with E-state index in [4.69, 9.17) is 32.7 Å². The van der Waals surface area contributed by atoms with Crippen LogP contribution in [0.25, 0.3) is 0 Å². The van der Waals surface area contributed by atoms with Crippen LogP contribution < -0.4 is 14.9 Å². The van der Waals surface area contributed by atoms with Crippen molar-refractivity contribution in [3.8, 4) is 11.5 Å². The van der Waals surface area contributed by atoms with Gasteiger partial charge in [0.15, 0.2) is 11.5 Å². The molecule has 3 aromatic carbocycles. The Balaban J connectivity index is 1.71. The SMILES string of the molecule is CCOc1cc(/C=N\NC(=O)c2ccc([N+](=O)[O-])cc2)cc(Br)c1OCc1ccc(Cl)cc1Cl. The maximum Gasteiger partial charge on any atom is 0.271 e. The van der Waals surface area contributed by atoms with Gasteiger partial charge in [0.2, 0.25) is 0 Å². The number of nitrogens with one attached hydrogen (secondary N) is 1. The van der Waals surface area contributed by atoms with E-state index >= 15 is 0 Å². The average molecular weight is 567 g/mol. The monoisotopic (exact) mass is 565 g/mol. The lowest BCUT2D eigenvalue weighted by Crippen LogP contribution is -2.17. The molecule has 0 saturated carbocycles. The fourth-order valence-electron chi connectivity index (χ4n) is 2.82. The molecule has 8 nitrogen and oxygen atoms in total. The van der Waals surface area contributed by atoms with E-state index in [1.165, 1.54) is 30.5 Å². The smallest absolute Gasteiger partial charge is 0.271 e. The quantitative estimate of drug-likeness (QED) is 0.183. The van der Waals surface area contributed by atoms with Crippen molar-refractivity contribution in [3.05, 3.63) is 95.9 Å². The van der Waals surface area contributed by atoms with E-state index in [9.17, 15) is 14.9 Å². The number of amides is 1. The predicted octanol–water partition coefficient (Wildman–Crippen LogP) is 6.41. The second kappa shape index (κ2) is 11.8. The van der Waals surface area contributed by atoms with Gasteiger partial charge < -0.3 is 9.47 Å². The summed E-state index contributed by atoms with van der Waals surface area (Å²) in [5, 5.41) is 15.7. The van der Waals surface area contributed by atoms with Gasteiger partial charge in [-0.05, 0) is 64.8 Å². The van der Waals surface area contributed by atoms with Crippen LogP contribution in [0, 0.1) is 10.1 Å². The zero-order valence-corrected chi connectivity index (χ0v) is 20.9. The minimum absolute atomic E-state index is 0.103. The summed E-state index contributed by atoms with van der Waals surface area (Å²) in [6, 6.07) is 13.8. The summed E-state index contributed by atoms with van der Waals surface area (Å²) in [5.74, 6) is 0.458. The number of hydrazone groups is 1. The van der Waals surface area contributed by atoms with Crippen LogP contribution in [0.3, 0.4) is 0 Å². The second-order valence-electron chi connectivity index (χ2n) is 6.79. The highest BCUT2D eigenvalue weighted by Crippen LogP contribution is 2.37. The molecule has 176 valence electrons. The van der Waals surface area contributed by atoms with Crippen molar-refractivity contribution in [2.24, 2.45) is 5.10 Å². The summed E-state index contributed by atoms with van der Waals surface area (Å²) in [5.41, 5.74) is 3.92. The van der Waals surface area contributed by atoms with Crippen molar-refractivity contribution in [1.82, 2.24) is 5.43 Å². The van der Waals surface area contributed by atoms with E-state index in [0.717, 1.165) is 5.56 Å². The van der Waals surface area contributed by atoms with Gasteiger partial charge in [0.1, 0.15) is 6.61 Å². The Labute approximate surface area is 213 Å². The van der Waals surface area contributed by atoms with E-state index in [-0.39, 0.29) is 17.9 Å². The topological polar surface area (TPSA) is 103 Å². The number of hydrogen-bond acceptors (Lipinski definition) is 6. The third kappa shape index (κ3) is 6.69. The summed E-state index contributed by atoms with van der Waals surface area (Å²) in [6.07, 6.45) is 1.44. The van der Waals surface area contributed by atoms with Crippen LogP contribution in [0.15, 0.2) is 64.2 Å². The van der Waals surface area contributed by atoms with Gasteiger partial charge in [-0.15, -0.1) is 0 Å². The lowest BCUT2D eigenvalue weighted by molar-refractivity contribution is -0.384. The summed E-state index contributed by atoms with van der Waals surface area (Å²) >= 11 is 15.6. The largest absolute Gasteiger partial charge is 0.490 e. The molecule has 1 N–H and O–H groups in total. The molecule has 0 atom stereocenters. The van der Waals surface area contributed by atoms with Crippen molar-refractivity contribution in [1.29, 1.82) is 0 Å². The van der Waals surface area contributed by atoms with Crippen LogP contribution in [-0.4, -0.2) is 23.7 Å². The number of ether oxygens (including phenoxy) is 2. The normalized spacial score (nSPS) is 10.8. The van der Waals surface area contributed by atoms with E-state index < -0.39 is 10.8 Å². The zero-order valence-electron chi connectivity index (χ0n) is 17.8. The third-order valence-corrected chi connectivity index (χ3v) is 5.61. The molecular weight excluding hydrogens is 549 g/mol. The van der Waals surface area contributed by atoms with Crippen LogP contribution in [0.2, 0.25) is 10.0 Å². The maximum atomic E-state index is 12.2. The van der Waals surface area contributed by atoms with E-state index in [0.29, 0.717) is 38.2 Å². The number of non-ortho nitro benzene ring substituents is 1. The number of hydrogen-bond donors (Lipinski definition) is 1. The Morgan fingerprint density at radius 2 is 1.88 bits per heavy atom. The molecule has 11 heteroatoms. The lowest BCUT2D eigenvalue weighted by atomic mass is 10.2. The van der Waals surface area contributed by atoms with Gasteiger partial charge in [-0.25, -0.2) is 5.43 Å². The first-order valence-electron chi connectivity index (χ1n) is 9.89. The van der Waals surface area contributed by atoms with Crippen molar-refractivity contribution < 1.29 is 19.2 Å². The van der Waals surface area contributed by atoms with Crippen LogP contribution in [0.1, 0.15) is 28.4 Å². The number of nitro benzene ring substituents is 1. The molecule has 0 aliphatic carbocycles. The Hall–Kier alpha value is -3.14. The number of rotatable bonds is 9. The number of nitro groups is 1. The van der Waals surface area contributed by atoms with Crippen LogP contribution >= 0.6 is 39.1 Å². The first kappa shape index (κ1) is 25.5. The van der Waals surface area contributed by atoms with Gasteiger partial charge in [0.05, 0.1) is 22.2 Å². The Bertz CT molecular complexity index is 1240. The number of nitrogens with zero attached hydrogens (tertiary/aromatic N) is 2. The third-order valence-electron chi connectivity index (χ3n) is 4.44. The Morgan fingerprint density at radius 1 is 1.15 bits per heavy atom. The lowest BCUT2D eigenvalue weighted by Gasteiger charge is -2.15. The van der Waals surface area contributed by atoms with Crippen LogP contribution in [-0.2, 0) is 6.61 Å². The first-order valence-corrected chi connectivity index (χ1v) is 11.4. The molecule has 3 aromatic rings. The highest BCUT2D eigenvalue weighted by molar-refractivity contribution is 9.10. The first-order chi connectivity index (χ1) is 16.3. The molecule has 1 amide bonds. The van der Waals surface area contributed by atoms with Crippen molar-refractivity contribution >= 4 is 56.9 Å². The van der Waals surface area contributed by atoms with Gasteiger partial charge in [-0.3, -0.25) is 14.9 Å². The average Bonchev–Trinajstić information content (AvgIpc) is 2.80. The summed E-state index contributed by atoms with van der Waals surface area (Å²) in [7, 11) is 0. The van der Waals surface area contributed by atoms with Crippen molar-refractivity contribution in [2.75, 3.05) is 6.61 Å². The van der Waals surface area contributed by atoms with Crippen molar-refractivity contribution in [3.63, 3.8) is 0 Å².